The van der Waals surface area contributed by atoms with Gasteiger partial charge in [0.15, 0.2) is 0 Å². The number of urea groups is 1. The van der Waals surface area contributed by atoms with Gasteiger partial charge in [-0.1, -0.05) is 0 Å². The fraction of sp³-hybridized carbons (Fsp3) is 0.857. The van der Waals surface area contributed by atoms with Gasteiger partial charge in [0.25, 0.3) is 0 Å². The number of carbonyl (C=O) groups excluding carboxylic acids is 1. The molecule has 2 rings (SSSR count). The predicted octanol–water partition coefficient (Wildman–Crippen LogP) is 0.308. The number of nitrogens with zero attached hydrogens (tertiary/aromatic N) is 3. The van der Waals surface area contributed by atoms with Crippen LogP contribution in [0.15, 0.2) is 0 Å². The van der Waals surface area contributed by atoms with E-state index >= 15 is 0 Å². The Kier molecular flexibility index (Phi) is 5.41. The fourth-order valence-electron chi connectivity index (χ4n) is 3.05. The lowest BCUT2D eigenvalue weighted by Gasteiger charge is -2.38. The molecule has 7 nitrogen and oxygen atoms in total. The number of hydrogen-bond donors (Lipinski definition) is 1. The summed E-state index contributed by atoms with van der Waals surface area (Å²) in [6.45, 7) is 7.88. The van der Waals surface area contributed by atoms with Crippen LogP contribution in [-0.4, -0.2) is 89.8 Å². The maximum absolute atomic E-state index is 12.6. The van der Waals surface area contributed by atoms with Gasteiger partial charge in [-0.15, -0.1) is 0 Å². The Morgan fingerprint density at radius 3 is 2.33 bits per heavy atom. The van der Waals surface area contributed by atoms with Gasteiger partial charge in [-0.25, -0.2) is 4.79 Å². The largest absolute Gasteiger partial charge is 0.480 e. The van der Waals surface area contributed by atoms with Crippen molar-refractivity contribution in [1.82, 2.24) is 14.7 Å². The maximum atomic E-state index is 12.6. The minimum Gasteiger partial charge on any atom is -0.480 e. The molecule has 0 radical (unpaired) electrons. The second-order valence-corrected chi connectivity index (χ2v) is 5.96. The molecule has 2 atom stereocenters. The molecule has 2 amide bonds. The van der Waals surface area contributed by atoms with Crippen LogP contribution in [0.3, 0.4) is 0 Å². The number of aliphatic carboxylic acids is 1. The fourth-order valence-corrected chi connectivity index (χ4v) is 3.05. The van der Waals surface area contributed by atoms with Crippen LogP contribution < -0.4 is 0 Å². The molecule has 2 unspecified atom stereocenters. The van der Waals surface area contributed by atoms with Crippen molar-refractivity contribution in [3.63, 3.8) is 0 Å². The monoisotopic (exact) mass is 299 g/mol. The van der Waals surface area contributed by atoms with E-state index in [4.69, 9.17) is 9.84 Å². The first kappa shape index (κ1) is 16.0. The third-order valence-corrected chi connectivity index (χ3v) is 3.91. The van der Waals surface area contributed by atoms with Crippen molar-refractivity contribution in [2.75, 3.05) is 45.8 Å². The molecule has 2 aliphatic heterocycles. The predicted molar refractivity (Wildman–Crippen MR) is 77.2 cm³/mol. The molecular weight excluding hydrogens is 274 g/mol. The average molecular weight is 299 g/mol. The van der Waals surface area contributed by atoms with Crippen LogP contribution >= 0.6 is 0 Å². The number of carboxylic acid groups (broad SMARTS) is 1. The summed E-state index contributed by atoms with van der Waals surface area (Å²) in [5.74, 6) is -0.814. The standard InChI is InChI=1S/C14H25N3O4/c1-11-8-17(9-12(2)21-11)14(20)16-5-3-4-15(6-7-16)10-13(18)19/h11-12H,3-10H2,1-2H3,(H,18,19). The Bertz CT molecular complexity index is 380. The van der Waals surface area contributed by atoms with E-state index in [1.54, 1.807) is 0 Å². The summed E-state index contributed by atoms with van der Waals surface area (Å²) in [5, 5.41) is 8.85. The Hall–Kier alpha value is -1.34. The van der Waals surface area contributed by atoms with Gasteiger partial charge in [0, 0.05) is 39.3 Å². The number of rotatable bonds is 2. The van der Waals surface area contributed by atoms with Crippen molar-refractivity contribution in [1.29, 1.82) is 0 Å². The third kappa shape index (κ3) is 4.57. The van der Waals surface area contributed by atoms with Crippen molar-refractivity contribution in [3.05, 3.63) is 0 Å². The van der Waals surface area contributed by atoms with Crippen LogP contribution in [0.25, 0.3) is 0 Å². The molecule has 7 heteroatoms. The molecule has 1 N–H and O–H groups in total. The smallest absolute Gasteiger partial charge is 0.320 e. The Labute approximate surface area is 125 Å². The SMILES string of the molecule is CC1CN(C(=O)N2CCCN(CC(=O)O)CC2)CC(C)O1. The van der Waals surface area contributed by atoms with Crippen LogP contribution in [0.4, 0.5) is 4.79 Å². The Morgan fingerprint density at radius 1 is 1.05 bits per heavy atom. The van der Waals surface area contributed by atoms with E-state index in [9.17, 15) is 9.59 Å². The average Bonchev–Trinajstić information content (AvgIpc) is 2.61. The van der Waals surface area contributed by atoms with E-state index in [2.05, 4.69) is 0 Å². The van der Waals surface area contributed by atoms with Crippen LogP contribution in [0.1, 0.15) is 20.3 Å². The molecule has 2 heterocycles. The zero-order chi connectivity index (χ0) is 15.4. The lowest BCUT2D eigenvalue weighted by atomic mass is 10.2. The normalized spacial score (nSPS) is 28.3. The zero-order valence-corrected chi connectivity index (χ0v) is 12.8. The van der Waals surface area contributed by atoms with Gasteiger partial charge in [0.05, 0.1) is 18.8 Å². The zero-order valence-electron chi connectivity index (χ0n) is 12.8. The third-order valence-electron chi connectivity index (χ3n) is 3.91. The van der Waals surface area contributed by atoms with E-state index in [0.717, 1.165) is 13.0 Å². The van der Waals surface area contributed by atoms with Crippen LogP contribution in [0, 0.1) is 0 Å². The highest BCUT2D eigenvalue weighted by Crippen LogP contribution is 2.14. The molecule has 0 saturated carbocycles. The molecule has 2 saturated heterocycles. The summed E-state index contributed by atoms with van der Waals surface area (Å²) in [5.41, 5.74) is 0. The van der Waals surface area contributed by atoms with Crippen LogP contribution in [-0.2, 0) is 9.53 Å². The molecule has 2 aliphatic rings. The highest BCUT2D eigenvalue weighted by molar-refractivity contribution is 5.74. The molecule has 120 valence electrons. The molecule has 0 bridgehead atoms. The van der Waals surface area contributed by atoms with Gasteiger partial charge in [0.1, 0.15) is 0 Å². The molecule has 2 fully saturated rings. The van der Waals surface area contributed by atoms with Crippen LogP contribution in [0.2, 0.25) is 0 Å². The molecule has 0 aromatic carbocycles. The highest BCUT2D eigenvalue weighted by Gasteiger charge is 2.30. The number of amides is 2. The van der Waals surface area contributed by atoms with Gasteiger partial charge in [-0.05, 0) is 20.3 Å². The molecule has 0 spiro atoms. The van der Waals surface area contributed by atoms with E-state index in [1.165, 1.54) is 0 Å². The van der Waals surface area contributed by atoms with Crippen molar-refractivity contribution in [3.8, 4) is 0 Å². The molecule has 0 aromatic rings. The summed E-state index contributed by atoms with van der Waals surface area (Å²) < 4.78 is 5.65. The van der Waals surface area contributed by atoms with Crippen LogP contribution in [0.5, 0.6) is 0 Å². The topological polar surface area (TPSA) is 73.3 Å². The minimum atomic E-state index is -0.814. The van der Waals surface area contributed by atoms with Gasteiger partial charge in [-0.3, -0.25) is 9.69 Å². The van der Waals surface area contributed by atoms with E-state index in [1.807, 2.05) is 28.5 Å². The molecule has 0 aromatic heterocycles. The number of carbonyl (C=O) groups is 2. The lowest BCUT2D eigenvalue weighted by Crippen LogP contribution is -2.53. The number of carboxylic acids is 1. The molecular formula is C14H25N3O4. The summed E-state index contributed by atoms with van der Waals surface area (Å²) in [6, 6.07) is 0.0502. The molecule has 21 heavy (non-hydrogen) atoms. The first-order chi connectivity index (χ1) is 9.95. The van der Waals surface area contributed by atoms with Gasteiger partial charge in [-0.2, -0.15) is 0 Å². The maximum Gasteiger partial charge on any atom is 0.320 e. The first-order valence-electron chi connectivity index (χ1n) is 7.59. The second-order valence-electron chi connectivity index (χ2n) is 5.96. The second kappa shape index (κ2) is 7.09. The number of ether oxygens (including phenoxy) is 1. The van der Waals surface area contributed by atoms with Crippen molar-refractivity contribution in [2.24, 2.45) is 0 Å². The van der Waals surface area contributed by atoms with Crippen molar-refractivity contribution >= 4 is 12.0 Å². The van der Waals surface area contributed by atoms with E-state index < -0.39 is 5.97 Å². The van der Waals surface area contributed by atoms with Crippen molar-refractivity contribution in [2.45, 2.75) is 32.5 Å². The number of hydrogen-bond acceptors (Lipinski definition) is 4. The van der Waals surface area contributed by atoms with Gasteiger partial charge < -0.3 is 19.6 Å². The van der Waals surface area contributed by atoms with E-state index in [0.29, 0.717) is 32.7 Å². The summed E-state index contributed by atoms with van der Waals surface area (Å²) >= 11 is 0. The van der Waals surface area contributed by atoms with E-state index in [-0.39, 0.29) is 24.8 Å². The Morgan fingerprint density at radius 2 is 1.71 bits per heavy atom. The Balaban J connectivity index is 1.89. The minimum absolute atomic E-state index is 0.0493. The quantitative estimate of drug-likeness (QED) is 0.794. The number of morpholine rings is 1. The first-order valence-corrected chi connectivity index (χ1v) is 7.59. The molecule has 0 aliphatic carbocycles. The summed E-state index contributed by atoms with van der Waals surface area (Å²) in [6.07, 6.45) is 0.940. The summed E-state index contributed by atoms with van der Waals surface area (Å²) in [7, 11) is 0. The van der Waals surface area contributed by atoms with Gasteiger partial charge >= 0.3 is 12.0 Å². The van der Waals surface area contributed by atoms with Crippen molar-refractivity contribution < 1.29 is 19.4 Å². The summed E-state index contributed by atoms with van der Waals surface area (Å²) in [4.78, 5) is 28.9. The highest BCUT2D eigenvalue weighted by atomic mass is 16.5. The van der Waals surface area contributed by atoms with Gasteiger partial charge in [0.2, 0.25) is 0 Å². The lowest BCUT2D eigenvalue weighted by molar-refractivity contribution is -0.138.